The Balaban J connectivity index is 0.000000204. The Morgan fingerprint density at radius 1 is 0.729 bits per heavy atom. The van der Waals surface area contributed by atoms with Crippen LogP contribution in [0.5, 0.6) is 0 Å². The molecule has 0 saturated carbocycles. The fourth-order valence-electron chi connectivity index (χ4n) is 9.09. The number of hydroxylamine groups is 4. The summed E-state index contributed by atoms with van der Waals surface area (Å²) in [6.07, 6.45) is -0.163. The van der Waals surface area contributed by atoms with Crippen LogP contribution < -0.4 is 5.32 Å². The first-order valence-electron chi connectivity index (χ1n) is 23.0. The van der Waals surface area contributed by atoms with Crippen LogP contribution in [0.2, 0.25) is 0 Å². The van der Waals surface area contributed by atoms with E-state index in [1.165, 1.54) is 12.1 Å². The quantitative estimate of drug-likeness (QED) is 0.0551. The molecule has 362 valence electrons. The summed E-state index contributed by atoms with van der Waals surface area (Å²) in [7, 11) is 0. The molecule has 9 rings (SSSR count). The highest BCUT2D eigenvalue weighted by atomic mass is 16.7. The number of esters is 1. The number of cyclic esters (lactones) is 1. The first-order valence-corrected chi connectivity index (χ1v) is 23.0. The number of benzene rings is 5. The van der Waals surface area contributed by atoms with Crippen LogP contribution in [0.1, 0.15) is 62.4 Å². The minimum absolute atomic E-state index is 0.167. The number of hydrogen-bond acceptors (Lipinski definition) is 12. The van der Waals surface area contributed by atoms with Crippen molar-refractivity contribution >= 4 is 34.7 Å². The summed E-state index contributed by atoms with van der Waals surface area (Å²) in [5.74, 6) is 2.80. The van der Waals surface area contributed by atoms with Gasteiger partial charge in [-0.25, -0.2) is 9.59 Å². The molecule has 16 heteroatoms. The summed E-state index contributed by atoms with van der Waals surface area (Å²) in [4.78, 5) is 62.6. The number of carbonyl (C=O) groups is 4. The number of aromatic amines is 1. The van der Waals surface area contributed by atoms with Crippen LogP contribution in [0.15, 0.2) is 128 Å². The summed E-state index contributed by atoms with van der Waals surface area (Å²) in [6, 6.07) is 35.0. The number of hydrogen-bond donors (Lipinski definition) is 7. The molecule has 0 unspecified atom stereocenters. The van der Waals surface area contributed by atoms with Crippen LogP contribution in [-0.2, 0) is 43.5 Å². The van der Waals surface area contributed by atoms with E-state index in [9.17, 15) is 34.5 Å². The van der Waals surface area contributed by atoms with Crippen LogP contribution in [0, 0.1) is 23.7 Å². The predicted octanol–water partition coefficient (Wildman–Crippen LogP) is 5.19. The third-order valence-corrected chi connectivity index (χ3v) is 12.8. The van der Waals surface area contributed by atoms with Crippen molar-refractivity contribution in [3.63, 3.8) is 0 Å². The molecule has 0 spiro atoms. The third kappa shape index (κ3) is 11.3. The van der Waals surface area contributed by atoms with Crippen molar-refractivity contribution in [2.24, 2.45) is 11.8 Å². The second kappa shape index (κ2) is 22.0. The normalized spacial score (nSPS) is 21.7. The first kappa shape index (κ1) is 49.2. The zero-order chi connectivity index (χ0) is 49.5. The molecule has 6 aromatic rings. The van der Waals surface area contributed by atoms with Crippen molar-refractivity contribution in [1.29, 1.82) is 0 Å². The Labute approximate surface area is 404 Å². The maximum absolute atomic E-state index is 13.4. The van der Waals surface area contributed by atoms with Gasteiger partial charge < -0.3 is 40.6 Å². The van der Waals surface area contributed by atoms with Gasteiger partial charge in [0.05, 0.1) is 55.6 Å². The van der Waals surface area contributed by atoms with E-state index in [-0.39, 0.29) is 48.7 Å². The van der Waals surface area contributed by atoms with Gasteiger partial charge in [0.15, 0.2) is 0 Å². The molecular formula is C54H54N4O12. The van der Waals surface area contributed by atoms with E-state index in [0.29, 0.717) is 25.1 Å². The maximum atomic E-state index is 13.4. The van der Waals surface area contributed by atoms with E-state index in [0.717, 1.165) is 44.3 Å². The van der Waals surface area contributed by atoms with Gasteiger partial charge >= 0.3 is 17.9 Å². The number of fused-ring (bicyclic) bond motifs is 2. The van der Waals surface area contributed by atoms with Crippen molar-refractivity contribution in [3.8, 4) is 23.0 Å². The van der Waals surface area contributed by atoms with Crippen molar-refractivity contribution < 1.29 is 59.1 Å². The molecule has 0 radical (unpaired) electrons. The fourth-order valence-corrected chi connectivity index (χ4v) is 9.09. The minimum Gasteiger partial charge on any atom is -0.478 e. The summed E-state index contributed by atoms with van der Waals surface area (Å²) < 4.78 is 5.16. The van der Waals surface area contributed by atoms with E-state index in [2.05, 4.69) is 22.1 Å². The zero-order valence-electron chi connectivity index (χ0n) is 38.5. The Hall–Kier alpha value is -7.20. The number of ether oxygens (including phenoxy) is 1. The SMILES string of the molecule is C[C@H](O)[C@@H]1ON(Cc2ccc(-c3ccc(C(=O)O)cc3)cc2)[C@@H]2C(=O)OC[C@H]12.C[C@H](O)[C@@H]1ON(Cc2ccc(C#Cc3ccc(C(=O)O)cc3)cc2)[C@H](C(=O)NCCc2c[nH]c3ccccc23)[C@@H]1CO. The van der Waals surface area contributed by atoms with Crippen molar-refractivity contribution in [2.75, 3.05) is 19.8 Å². The molecule has 0 bridgehead atoms. The fraction of sp³-hybridized carbons (Fsp3) is 0.296. The number of nitrogens with zero attached hydrogens (tertiary/aromatic N) is 2. The molecule has 16 nitrogen and oxygen atoms in total. The van der Waals surface area contributed by atoms with Crippen LogP contribution in [0.4, 0.5) is 0 Å². The Morgan fingerprint density at radius 3 is 1.84 bits per heavy atom. The Bertz CT molecular complexity index is 2850. The van der Waals surface area contributed by atoms with E-state index in [4.69, 9.17) is 24.6 Å². The van der Waals surface area contributed by atoms with E-state index in [1.807, 2.05) is 79.0 Å². The molecule has 70 heavy (non-hydrogen) atoms. The highest BCUT2D eigenvalue weighted by molar-refractivity contribution is 5.89. The predicted molar refractivity (Wildman–Crippen MR) is 256 cm³/mol. The molecule has 1 aromatic heterocycles. The second-order valence-electron chi connectivity index (χ2n) is 17.6. The summed E-state index contributed by atoms with van der Waals surface area (Å²) in [5.41, 5.74) is 7.77. The van der Waals surface area contributed by atoms with Gasteiger partial charge in [-0.3, -0.25) is 19.3 Å². The average molecular weight is 951 g/mol. The monoisotopic (exact) mass is 950 g/mol. The number of amides is 1. The molecule has 0 aliphatic carbocycles. The number of carbonyl (C=O) groups excluding carboxylic acids is 2. The smallest absolute Gasteiger partial charge is 0.335 e. The van der Waals surface area contributed by atoms with E-state index < -0.39 is 54.4 Å². The van der Waals surface area contributed by atoms with Gasteiger partial charge in [0.2, 0.25) is 5.91 Å². The zero-order valence-corrected chi connectivity index (χ0v) is 38.5. The molecule has 8 atom stereocenters. The number of aromatic carboxylic acids is 2. The molecular weight excluding hydrogens is 897 g/mol. The molecule has 4 heterocycles. The number of carboxylic acid groups (broad SMARTS) is 2. The summed E-state index contributed by atoms with van der Waals surface area (Å²) in [6.45, 7) is 4.27. The molecule has 3 saturated heterocycles. The van der Waals surface area contributed by atoms with Crippen LogP contribution in [0.3, 0.4) is 0 Å². The average Bonchev–Trinajstić information content (AvgIpc) is 4.15. The molecule has 3 aliphatic rings. The highest BCUT2D eigenvalue weighted by Crippen LogP contribution is 2.36. The summed E-state index contributed by atoms with van der Waals surface area (Å²) >= 11 is 0. The first-order chi connectivity index (χ1) is 33.8. The minimum atomic E-state index is -0.984. The van der Waals surface area contributed by atoms with Gasteiger partial charge in [-0.05, 0) is 103 Å². The Morgan fingerprint density at radius 2 is 1.26 bits per heavy atom. The molecule has 5 aromatic carbocycles. The number of aromatic nitrogens is 1. The van der Waals surface area contributed by atoms with Gasteiger partial charge in [-0.2, -0.15) is 10.1 Å². The number of carboxylic acids is 2. The van der Waals surface area contributed by atoms with Gasteiger partial charge in [0.1, 0.15) is 24.3 Å². The number of aliphatic hydroxyl groups is 3. The lowest BCUT2D eigenvalue weighted by Crippen LogP contribution is -2.48. The second-order valence-corrected chi connectivity index (χ2v) is 17.6. The standard InChI is InChI=1S/C33H33N3O6.C21H21NO6/c1-21(38)31-28(20-37)30(32(39)34-17-16-26-18-35-29-5-3-2-4-27(26)29)36(42-31)19-24-10-8-22(9-11-24)6-7-23-12-14-25(15-13-23)33(40)41;1-12(23)19-17-11-27-21(26)18(17)22(28-19)10-13-2-4-14(5-3-13)15-6-8-16(9-7-15)20(24)25/h2-5,8-15,18,21,28,30-31,35,37-38H,16-17,19-20H2,1H3,(H,34,39)(H,40,41);2-9,12,17-19,23H,10-11H2,1H3,(H,24,25)/t21-,28-,30-,31-;12-,17-,18-,19-/m00/s1. The van der Waals surface area contributed by atoms with Crippen LogP contribution >= 0.6 is 0 Å². The maximum Gasteiger partial charge on any atom is 0.335 e. The topological polar surface area (TPSA) is 231 Å². The van der Waals surface area contributed by atoms with Gasteiger partial charge in [0.25, 0.3) is 0 Å². The van der Waals surface area contributed by atoms with Gasteiger partial charge in [0, 0.05) is 40.7 Å². The van der Waals surface area contributed by atoms with E-state index in [1.54, 1.807) is 60.4 Å². The van der Waals surface area contributed by atoms with Gasteiger partial charge in [-0.15, -0.1) is 0 Å². The van der Waals surface area contributed by atoms with Crippen LogP contribution in [-0.4, -0.2) is 121 Å². The lowest BCUT2D eigenvalue weighted by molar-refractivity contribution is -0.202. The number of nitrogens with one attached hydrogen (secondary N) is 2. The number of aliphatic hydroxyl groups excluding tert-OH is 3. The number of H-pyrrole nitrogens is 1. The third-order valence-electron chi connectivity index (χ3n) is 12.8. The molecule has 1 amide bonds. The number of rotatable bonds is 14. The molecule has 3 aliphatic heterocycles. The number of para-hydroxylation sites is 1. The Kier molecular flexibility index (Phi) is 15.5. The van der Waals surface area contributed by atoms with Gasteiger partial charge in [-0.1, -0.05) is 78.6 Å². The lowest BCUT2D eigenvalue weighted by Gasteiger charge is -2.24. The largest absolute Gasteiger partial charge is 0.478 e. The molecule has 3 fully saturated rings. The summed E-state index contributed by atoms with van der Waals surface area (Å²) in [5, 5.41) is 55.7. The molecule has 7 N–H and O–H groups in total. The van der Waals surface area contributed by atoms with Crippen molar-refractivity contribution in [1.82, 2.24) is 20.4 Å². The lowest BCUT2D eigenvalue weighted by atomic mass is 9.92. The van der Waals surface area contributed by atoms with Crippen molar-refractivity contribution in [3.05, 3.63) is 166 Å². The van der Waals surface area contributed by atoms with Crippen molar-refractivity contribution in [2.45, 2.75) is 69.9 Å². The van der Waals surface area contributed by atoms with Crippen LogP contribution in [0.25, 0.3) is 22.0 Å². The van der Waals surface area contributed by atoms with E-state index >= 15 is 0 Å². The highest BCUT2D eigenvalue weighted by Gasteiger charge is 2.54.